The number of carbonyl (C=O) groups excluding carboxylic acids is 2. The molecule has 38 heavy (non-hydrogen) atoms. The molecule has 9 heteroatoms. The van der Waals surface area contributed by atoms with E-state index in [9.17, 15) is 18.0 Å². The lowest BCUT2D eigenvalue weighted by Crippen LogP contribution is -2.51. The third kappa shape index (κ3) is 5.49. The molecule has 0 aromatic heterocycles. The summed E-state index contributed by atoms with van der Waals surface area (Å²) in [7, 11) is -4.01. The third-order valence-electron chi connectivity index (χ3n) is 7.94. The zero-order valence-electron chi connectivity index (χ0n) is 21.9. The fourth-order valence-electron chi connectivity index (χ4n) is 5.48. The van der Waals surface area contributed by atoms with Crippen LogP contribution in [-0.2, 0) is 26.0 Å². The minimum Gasteiger partial charge on any atom is -0.349 e. The molecule has 8 nitrogen and oxygen atoms in total. The molecule has 2 aliphatic carbocycles. The Labute approximate surface area is 224 Å². The summed E-state index contributed by atoms with van der Waals surface area (Å²) in [6.45, 7) is 4.07. The second-order valence-electron chi connectivity index (χ2n) is 10.7. The molecule has 1 unspecified atom stereocenters. The van der Waals surface area contributed by atoms with Crippen molar-refractivity contribution in [1.29, 1.82) is 0 Å². The van der Waals surface area contributed by atoms with Crippen LogP contribution in [0, 0.1) is 6.92 Å². The Kier molecular flexibility index (Phi) is 7.59. The van der Waals surface area contributed by atoms with Crippen LogP contribution >= 0.6 is 0 Å². The molecule has 1 aliphatic heterocycles. The number of aryl methyl sites for hydroxylation is 2. The van der Waals surface area contributed by atoms with Crippen LogP contribution in [0.3, 0.4) is 0 Å². The van der Waals surface area contributed by atoms with E-state index in [1.165, 1.54) is 54.9 Å². The maximum Gasteiger partial charge on any atom is 0.264 e. The van der Waals surface area contributed by atoms with Gasteiger partial charge in [0.05, 0.1) is 17.4 Å². The van der Waals surface area contributed by atoms with E-state index < -0.39 is 22.0 Å². The summed E-state index contributed by atoms with van der Waals surface area (Å²) < 4.78 is 27.6. The lowest BCUT2D eigenvalue weighted by molar-refractivity contribution is -0.129. The number of nitrogens with one attached hydrogen (secondary N) is 3. The Bertz CT molecular complexity index is 1330. The van der Waals surface area contributed by atoms with Gasteiger partial charge in [-0.05, 0) is 74.8 Å². The number of hydrogen-bond acceptors (Lipinski definition) is 5. The normalized spacial score (nSPS) is 22.3. The van der Waals surface area contributed by atoms with E-state index in [4.69, 9.17) is 0 Å². The summed E-state index contributed by atoms with van der Waals surface area (Å²) >= 11 is 0. The first-order valence-electron chi connectivity index (χ1n) is 13.5. The number of sulfonamides is 1. The van der Waals surface area contributed by atoms with Gasteiger partial charge in [-0.2, -0.15) is 0 Å². The van der Waals surface area contributed by atoms with Gasteiger partial charge >= 0.3 is 0 Å². The standard InChI is InChI=1S/C29H36N4O4S/c1-19-9-12-24(13-10-19)38(36,37)33-16-15-30-29(35)27(33)18-28(34)32-26-8-3-5-22-17-21(11-14-25(22)26)20(2)31-23-6-4-7-23/h9-17,20,23,26-27,31H,3-8,18H2,1-2H3,(H,30,35)(H,32,34)/t20-,26?,27-/m1/s1. The number of amides is 2. The van der Waals surface area contributed by atoms with E-state index in [-0.39, 0.29) is 29.3 Å². The maximum absolute atomic E-state index is 13.3. The minimum absolute atomic E-state index is 0.0749. The Morgan fingerprint density at radius 1 is 1.11 bits per heavy atom. The van der Waals surface area contributed by atoms with Gasteiger partial charge < -0.3 is 16.0 Å². The van der Waals surface area contributed by atoms with E-state index in [1.807, 2.05) is 6.92 Å². The van der Waals surface area contributed by atoms with Crippen LogP contribution in [0.4, 0.5) is 0 Å². The van der Waals surface area contributed by atoms with Gasteiger partial charge in [0, 0.05) is 24.5 Å². The van der Waals surface area contributed by atoms with E-state index in [1.54, 1.807) is 12.1 Å². The Hall–Kier alpha value is -3.17. The Morgan fingerprint density at radius 3 is 2.58 bits per heavy atom. The molecule has 1 heterocycles. The van der Waals surface area contributed by atoms with Crippen LogP contribution < -0.4 is 16.0 Å². The fraction of sp³-hybridized carbons (Fsp3) is 0.448. The molecule has 1 saturated carbocycles. The van der Waals surface area contributed by atoms with E-state index in [0.29, 0.717) is 6.04 Å². The summed E-state index contributed by atoms with van der Waals surface area (Å²) in [5.41, 5.74) is 4.52. The lowest BCUT2D eigenvalue weighted by atomic mass is 9.85. The molecular formula is C29H36N4O4S. The zero-order valence-corrected chi connectivity index (χ0v) is 22.8. The fourth-order valence-corrected chi connectivity index (χ4v) is 6.93. The summed E-state index contributed by atoms with van der Waals surface area (Å²) in [5.74, 6) is -0.883. The van der Waals surface area contributed by atoms with Crippen LogP contribution in [0.25, 0.3) is 0 Å². The van der Waals surface area contributed by atoms with E-state index in [2.05, 4.69) is 41.1 Å². The highest BCUT2D eigenvalue weighted by molar-refractivity contribution is 7.89. The monoisotopic (exact) mass is 536 g/mol. The van der Waals surface area contributed by atoms with Crippen molar-refractivity contribution in [3.63, 3.8) is 0 Å². The molecule has 5 rings (SSSR count). The molecule has 0 saturated heterocycles. The maximum atomic E-state index is 13.3. The van der Waals surface area contributed by atoms with Crippen molar-refractivity contribution in [2.24, 2.45) is 0 Å². The van der Waals surface area contributed by atoms with Gasteiger partial charge in [-0.3, -0.25) is 13.9 Å². The number of nitrogens with zero attached hydrogens (tertiary/aromatic N) is 1. The van der Waals surface area contributed by atoms with Gasteiger partial charge in [-0.15, -0.1) is 0 Å². The van der Waals surface area contributed by atoms with Gasteiger partial charge in [0.25, 0.3) is 10.0 Å². The van der Waals surface area contributed by atoms with Crippen molar-refractivity contribution in [3.8, 4) is 0 Å². The van der Waals surface area contributed by atoms with Crippen LogP contribution in [0.5, 0.6) is 0 Å². The molecule has 1 fully saturated rings. The van der Waals surface area contributed by atoms with Crippen LogP contribution in [0.1, 0.15) is 79.8 Å². The predicted octanol–water partition coefficient (Wildman–Crippen LogP) is 3.74. The molecule has 202 valence electrons. The van der Waals surface area contributed by atoms with Gasteiger partial charge in [0.15, 0.2) is 0 Å². The smallest absolute Gasteiger partial charge is 0.264 e. The first-order chi connectivity index (χ1) is 18.2. The SMILES string of the molecule is Cc1ccc(S(=O)(=O)N2C=CNC(=O)[C@H]2CC(=O)NC2CCCc3cc([C@@H](C)NC4CCC4)ccc32)cc1. The number of carbonyl (C=O) groups is 2. The number of hydrogen-bond donors (Lipinski definition) is 3. The molecule has 0 spiro atoms. The molecule has 2 aromatic carbocycles. The molecule has 3 atom stereocenters. The highest BCUT2D eigenvalue weighted by atomic mass is 32.2. The average Bonchev–Trinajstić information content (AvgIpc) is 2.87. The lowest BCUT2D eigenvalue weighted by Gasteiger charge is -2.33. The van der Waals surface area contributed by atoms with Gasteiger partial charge in [-0.1, -0.05) is 42.3 Å². The molecule has 3 N–H and O–H groups in total. The van der Waals surface area contributed by atoms with E-state index in [0.717, 1.165) is 34.7 Å². The molecular weight excluding hydrogens is 500 g/mol. The first kappa shape index (κ1) is 26.4. The van der Waals surface area contributed by atoms with Gasteiger partial charge in [0.1, 0.15) is 6.04 Å². The summed E-state index contributed by atoms with van der Waals surface area (Å²) in [5, 5.41) is 9.32. The Balaban J connectivity index is 1.29. The summed E-state index contributed by atoms with van der Waals surface area (Å²) in [6.07, 6.45) is 8.82. The molecule has 2 amide bonds. The van der Waals surface area contributed by atoms with Crippen LogP contribution in [0.2, 0.25) is 0 Å². The topological polar surface area (TPSA) is 108 Å². The van der Waals surface area contributed by atoms with Gasteiger partial charge in [-0.25, -0.2) is 8.42 Å². The van der Waals surface area contributed by atoms with Gasteiger partial charge in [0.2, 0.25) is 11.8 Å². The largest absolute Gasteiger partial charge is 0.349 e. The molecule has 0 bridgehead atoms. The number of fused-ring (bicyclic) bond motifs is 1. The molecule has 2 aromatic rings. The van der Waals surface area contributed by atoms with Crippen molar-refractivity contribution in [2.45, 2.75) is 87.9 Å². The van der Waals surface area contributed by atoms with Crippen molar-refractivity contribution in [3.05, 3.63) is 77.1 Å². The quantitative estimate of drug-likeness (QED) is 0.477. The summed E-state index contributed by atoms with van der Waals surface area (Å²) in [4.78, 5) is 26.0. The molecule has 0 radical (unpaired) electrons. The number of rotatable bonds is 8. The zero-order chi connectivity index (χ0) is 26.9. The second kappa shape index (κ2) is 10.9. The highest BCUT2D eigenvalue weighted by Gasteiger charge is 2.37. The third-order valence-corrected chi connectivity index (χ3v) is 9.74. The molecule has 3 aliphatic rings. The van der Waals surface area contributed by atoms with Crippen molar-refractivity contribution < 1.29 is 18.0 Å². The second-order valence-corrected chi connectivity index (χ2v) is 12.5. The predicted molar refractivity (Wildman–Crippen MR) is 145 cm³/mol. The average molecular weight is 537 g/mol. The van der Waals surface area contributed by atoms with Crippen molar-refractivity contribution in [2.75, 3.05) is 0 Å². The first-order valence-corrected chi connectivity index (χ1v) is 14.9. The highest BCUT2D eigenvalue weighted by Crippen LogP contribution is 2.33. The summed E-state index contributed by atoms with van der Waals surface area (Å²) in [6, 6.07) is 12.5. The number of benzene rings is 2. The van der Waals surface area contributed by atoms with Crippen LogP contribution in [0.15, 0.2) is 59.8 Å². The minimum atomic E-state index is -4.01. The van der Waals surface area contributed by atoms with Crippen molar-refractivity contribution in [1.82, 2.24) is 20.3 Å². The van der Waals surface area contributed by atoms with E-state index >= 15 is 0 Å². The Morgan fingerprint density at radius 2 is 1.87 bits per heavy atom. The van der Waals surface area contributed by atoms with Crippen molar-refractivity contribution >= 4 is 21.8 Å². The van der Waals surface area contributed by atoms with Crippen LogP contribution in [-0.4, -0.2) is 36.6 Å².